The van der Waals surface area contributed by atoms with E-state index in [-0.39, 0.29) is 24.6 Å². The fraction of sp³-hybridized carbons (Fsp3) is 0.727. The minimum Gasteiger partial charge on any atom is -0.464 e. The summed E-state index contributed by atoms with van der Waals surface area (Å²) in [6.07, 6.45) is 0. The number of rotatable bonds is 7. The number of nitrogens with one attached hydrogen (secondary N) is 2. The molecule has 0 spiro atoms. The van der Waals surface area contributed by atoms with Gasteiger partial charge in [0, 0.05) is 7.05 Å². The first kappa shape index (κ1) is 14.4. The number of nitrogens with zero attached hydrogens (tertiary/aromatic N) is 3. The first-order chi connectivity index (χ1) is 8.60. The molecule has 102 valence electrons. The largest absolute Gasteiger partial charge is 0.464 e. The van der Waals surface area contributed by atoms with E-state index >= 15 is 0 Å². The highest BCUT2D eigenvalue weighted by Crippen LogP contribution is 2.13. The lowest BCUT2D eigenvalue weighted by molar-refractivity contribution is 0.248. The van der Waals surface area contributed by atoms with Crippen LogP contribution in [-0.2, 0) is 0 Å². The molecule has 0 saturated carbocycles. The predicted octanol–water partition coefficient (Wildman–Crippen LogP) is 0.741. The predicted molar refractivity (Wildman–Crippen MR) is 69.9 cm³/mol. The molecule has 0 bridgehead atoms. The fourth-order valence-electron chi connectivity index (χ4n) is 1.32. The Balaban J connectivity index is 2.89. The second-order valence-electron chi connectivity index (χ2n) is 4.13. The molecule has 1 rings (SSSR count). The summed E-state index contributed by atoms with van der Waals surface area (Å²) in [7, 11) is 1.72. The third kappa shape index (κ3) is 3.99. The molecule has 0 aliphatic carbocycles. The first-order valence-electron chi connectivity index (χ1n) is 6.04. The van der Waals surface area contributed by atoms with Gasteiger partial charge in [0.2, 0.25) is 11.9 Å². The van der Waals surface area contributed by atoms with E-state index in [1.807, 2.05) is 20.8 Å². The van der Waals surface area contributed by atoms with Crippen molar-refractivity contribution < 1.29 is 9.84 Å². The normalized spacial score (nSPS) is 12.3. The van der Waals surface area contributed by atoms with Crippen molar-refractivity contribution in [1.29, 1.82) is 0 Å². The van der Waals surface area contributed by atoms with Crippen LogP contribution in [0.4, 0.5) is 11.9 Å². The Kier molecular flexibility index (Phi) is 5.57. The van der Waals surface area contributed by atoms with E-state index in [1.54, 1.807) is 7.05 Å². The van der Waals surface area contributed by atoms with E-state index in [0.29, 0.717) is 18.5 Å². The molecule has 0 fully saturated rings. The molecular formula is C11H21N5O2. The molecule has 0 aromatic carbocycles. The van der Waals surface area contributed by atoms with E-state index in [4.69, 9.17) is 4.74 Å². The third-order valence-corrected chi connectivity index (χ3v) is 2.43. The van der Waals surface area contributed by atoms with Crippen molar-refractivity contribution in [1.82, 2.24) is 15.0 Å². The molecule has 3 N–H and O–H groups in total. The van der Waals surface area contributed by atoms with Crippen LogP contribution in [0.2, 0.25) is 0 Å². The highest BCUT2D eigenvalue weighted by atomic mass is 16.5. The van der Waals surface area contributed by atoms with Crippen LogP contribution in [0.5, 0.6) is 6.01 Å². The van der Waals surface area contributed by atoms with Gasteiger partial charge < -0.3 is 20.5 Å². The number of hydrogen-bond donors (Lipinski definition) is 3. The maximum atomic E-state index is 9.28. The van der Waals surface area contributed by atoms with Gasteiger partial charge in [-0.15, -0.1) is 0 Å². The Labute approximate surface area is 107 Å². The van der Waals surface area contributed by atoms with Crippen LogP contribution in [0.25, 0.3) is 0 Å². The Morgan fingerprint density at radius 1 is 1.22 bits per heavy atom. The number of hydrogen-bond acceptors (Lipinski definition) is 7. The van der Waals surface area contributed by atoms with E-state index in [1.165, 1.54) is 0 Å². The summed E-state index contributed by atoms with van der Waals surface area (Å²) >= 11 is 0. The van der Waals surface area contributed by atoms with E-state index < -0.39 is 0 Å². The standard InChI is InChI=1S/C11H21N5O2/c1-5-18-11-15-9(12-4)14-10(16-11)13-8(6-17)7(2)3/h7-8,17H,5-6H2,1-4H3,(H2,12,13,14,15,16)/t8-/m1/s1. The summed E-state index contributed by atoms with van der Waals surface area (Å²) in [5.41, 5.74) is 0. The Bertz CT molecular complexity index is 372. The maximum Gasteiger partial charge on any atom is 0.323 e. The minimum absolute atomic E-state index is 0.0161. The van der Waals surface area contributed by atoms with E-state index in [2.05, 4.69) is 25.6 Å². The highest BCUT2D eigenvalue weighted by Gasteiger charge is 2.15. The second kappa shape index (κ2) is 6.95. The smallest absolute Gasteiger partial charge is 0.323 e. The van der Waals surface area contributed by atoms with Crippen molar-refractivity contribution in [3.05, 3.63) is 0 Å². The lowest BCUT2D eigenvalue weighted by Crippen LogP contribution is -2.30. The molecule has 1 heterocycles. The van der Waals surface area contributed by atoms with E-state index in [9.17, 15) is 5.11 Å². The molecule has 7 nitrogen and oxygen atoms in total. The molecular weight excluding hydrogens is 234 g/mol. The summed E-state index contributed by atoms with van der Waals surface area (Å²) in [6.45, 7) is 6.39. The Morgan fingerprint density at radius 3 is 2.39 bits per heavy atom. The fourth-order valence-corrected chi connectivity index (χ4v) is 1.32. The van der Waals surface area contributed by atoms with Crippen LogP contribution in [0.1, 0.15) is 20.8 Å². The average Bonchev–Trinajstić information content (AvgIpc) is 2.35. The summed E-state index contributed by atoms with van der Waals surface area (Å²) < 4.78 is 5.26. The lowest BCUT2D eigenvalue weighted by Gasteiger charge is -2.20. The van der Waals surface area contributed by atoms with Gasteiger partial charge >= 0.3 is 6.01 Å². The number of ether oxygens (including phenoxy) is 1. The number of aliphatic hydroxyl groups is 1. The summed E-state index contributed by atoms with van der Waals surface area (Å²) in [5.74, 6) is 1.09. The molecule has 1 aromatic rings. The topological polar surface area (TPSA) is 92.2 Å². The van der Waals surface area contributed by atoms with Gasteiger partial charge in [-0.1, -0.05) is 13.8 Å². The lowest BCUT2D eigenvalue weighted by atomic mass is 10.1. The number of aliphatic hydroxyl groups excluding tert-OH is 1. The average molecular weight is 255 g/mol. The quantitative estimate of drug-likeness (QED) is 0.661. The van der Waals surface area contributed by atoms with Gasteiger partial charge in [-0.3, -0.25) is 0 Å². The third-order valence-electron chi connectivity index (χ3n) is 2.43. The number of anilines is 2. The first-order valence-corrected chi connectivity index (χ1v) is 6.04. The van der Waals surface area contributed by atoms with Crippen molar-refractivity contribution in [3.63, 3.8) is 0 Å². The molecule has 0 unspecified atom stereocenters. The van der Waals surface area contributed by atoms with E-state index in [0.717, 1.165) is 0 Å². The molecule has 0 aliphatic heterocycles. The van der Waals surface area contributed by atoms with Gasteiger partial charge in [-0.2, -0.15) is 15.0 Å². The molecule has 0 aliphatic rings. The van der Waals surface area contributed by atoms with Crippen molar-refractivity contribution in [2.45, 2.75) is 26.8 Å². The molecule has 7 heteroatoms. The highest BCUT2D eigenvalue weighted by molar-refractivity contribution is 5.36. The van der Waals surface area contributed by atoms with Gasteiger partial charge in [0.15, 0.2) is 0 Å². The summed E-state index contributed by atoms with van der Waals surface area (Å²) in [4.78, 5) is 12.4. The molecule has 1 atom stereocenters. The van der Waals surface area contributed by atoms with Crippen molar-refractivity contribution in [3.8, 4) is 6.01 Å². The van der Waals surface area contributed by atoms with Crippen LogP contribution in [-0.4, -0.2) is 46.4 Å². The Morgan fingerprint density at radius 2 is 1.89 bits per heavy atom. The SMILES string of the molecule is CCOc1nc(NC)nc(N[C@H](CO)C(C)C)n1. The van der Waals surface area contributed by atoms with Crippen LogP contribution in [0, 0.1) is 5.92 Å². The van der Waals surface area contributed by atoms with Gasteiger partial charge in [0.05, 0.1) is 19.3 Å². The van der Waals surface area contributed by atoms with Crippen LogP contribution >= 0.6 is 0 Å². The zero-order chi connectivity index (χ0) is 13.5. The molecule has 1 aromatic heterocycles. The number of aromatic nitrogens is 3. The molecule has 0 saturated heterocycles. The zero-order valence-electron chi connectivity index (χ0n) is 11.3. The Hall–Kier alpha value is -1.63. The van der Waals surface area contributed by atoms with Crippen molar-refractivity contribution >= 4 is 11.9 Å². The molecule has 18 heavy (non-hydrogen) atoms. The summed E-state index contributed by atoms with van der Waals surface area (Å²) in [5, 5.41) is 15.2. The molecule has 0 radical (unpaired) electrons. The van der Waals surface area contributed by atoms with Crippen molar-refractivity contribution in [2.24, 2.45) is 5.92 Å². The maximum absolute atomic E-state index is 9.28. The second-order valence-corrected chi connectivity index (χ2v) is 4.13. The van der Waals surface area contributed by atoms with Crippen LogP contribution < -0.4 is 15.4 Å². The monoisotopic (exact) mass is 255 g/mol. The zero-order valence-corrected chi connectivity index (χ0v) is 11.3. The van der Waals surface area contributed by atoms with Crippen LogP contribution in [0.3, 0.4) is 0 Å². The summed E-state index contributed by atoms with van der Waals surface area (Å²) in [6, 6.07) is 0.159. The van der Waals surface area contributed by atoms with Crippen LogP contribution in [0.15, 0.2) is 0 Å². The van der Waals surface area contributed by atoms with Gasteiger partial charge in [0.1, 0.15) is 0 Å². The van der Waals surface area contributed by atoms with Gasteiger partial charge in [-0.25, -0.2) is 0 Å². The van der Waals surface area contributed by atoms with Gasteiger partial charge in [0.25, 0.3) is 0 Å². The molecule has 0 amide bonds. The van der Waals surface area contributed by atoms with Crippen molar-refractivity contribution in [2.75, 3.05) is 30.9 Å². The van der Waals surface area contributed by atoms with Gasteiger partial charge in [-0.05, 0) is 12.8 Å². The minimum atomic E-state index is -0.105.